The average molecular weight is 888 g/mol. The number of aliphatic imine (C=N–C) groups is 2. The van der Waals surface area contributed by atoms with Gasteiger partial charge in [-0.3, -0.25) is 28.1 Å². The van der Waals surface area contributed by atoms with Crippen molar-refractivity contribution in [3.63, 3.8) is 0 Å². The summed E-state index contributed by atoms with van der Waals surface area (Å²) in [4.78, 5) is 13.1. The molecule has 0 bridgehead atoms. The van der Waals surface area contributed by atoms with Gasteiger partial charge in [-0.05, 0) is 10.9 Å². The Kier molecular flexibility index (Phi) is 29.3. The molecule has 0 unspecified atom stereocenters. The molecule has 0 amide bonds. The van der Waals surface area contributed by atoms with Gasteiger partial charge in [-0.25, -0.2) is 23.3 Å². The van der Waals surface area contributed by atoms with Crippen LogP contribution in [-0.2, 0) is 78.3 Å². The van der Waals surface area contributed by atoms with Crippen molar-refractivity contribution in [3.8, 4) is 11.1 Å². The molecule has 0 aliphatic carbocycles. The summed E-state index contributed by atoms with van der Waals surface area (Å²) in [5.74, 6) is 0. The van der Waals surface area contributed by atoms with Crippen LogP contribution in [0.25, 0.3) is 45.8 Å². The van der Waals surface area contributed by atoms with Gasteiger partial charge in [-0.2, -0.15) is 48.5 Å². The second-order valence-electron chi connectivity index (χ2n) is 10.6. The molecule has 6 aromatic carbocycles. The number of aromatic nitrogens is 1. The van der Waals surface area contributed by atoms with Gasteiger partial charge in [0.25, 0.3) is 0 Å². The van der Waals surface area contributed by atoms with Crippen molar-refractivity contribution >= 4 is 58.5 Å². The smallest absolute Gasteiger partial charge is 0.0923 e. The minimum atomic E-state index is 0. The molecule has 9 rings (SSSR count). The molecule has 7 aromatic rings. The number of benzene rings is 6. The Labute approximate surface area is 388 Å². The largest absolute Gasteiger partial charge is 0.306 e. The molecule has 3 heterocycles. The number of fused-ring (bicyclic) bond motifs is 6. The summed E-state index contributed by atoms with van der Waals surface area (Å²) in [5, 5.41) is 6.22. The maximum atomic E-state index is 5.39. The van der Waals surface area contributed by atoms with Gasteiger partial charge < -0.3 is 10.4 Å². The van der Waals surface area contributed by atoms with Gasteiger partial charge in [0.15, 0.2) is 0 Å². The summed E-state index contributed by atoms with van der Waals surface area (Å²) in [5.41, 5.74) is 6.85. The van der Waals surface area contributed by atoms with Crippen LogP contribution in [0.2, 0.25) is 0 Å². The van der Waals surface area contributed by atoms with E-state index in [9.17, 15) is 0 Å². The van der Waals surface area contributed by atoms with E-state index in [1.165, 1.54) is 27.1 Å². The van der Waals surface area contributed by atoms with Crippen LogP contribution in [0.3, 0.4) is 0 Å². The van der Waals surface area contributed by atoms with Crippen LogP contribution < -0.4 is 10.4 Å². The zero-order valence-electron chi connectivity index (χ0n) is 34.5. The molecule has 0 fully saturated rings. The van der Waals surface area contributed by atoms with Crippen molar-refractivity contribution in [1.82, 2.24) is 4.98 Å². The van der Waals surface area contributed by atoms with E-state index in [-0.39, 0.29) is 65.4 Å². The summed E-state index contributed by atoms with van der Waals surface area (Å²) < 4.78 is 0. The standard InChI is InChI=1S/C12H9N.C12H8.C11H8N2.C8H6.4C2H6.2Y/c1-2-4-11-9(3-1)5-6-10-7-8-13-12(10)11;1-3-7-11(8-4-1)12-9-5-2-6-10-12;1-2-4-9-8(3-1)7-13-10-5-6-12-11(9)10;1-7-5-3-4-6-8(7)2;4*1-2;;/h1-6,8H,7H2;1-7,9H;1-4,6-7H,5H2;1-6H;4*1-2H3;;/q;-2;;-2;;;;;;. The topological polar surface area (TPSA) is 37.6 Å². The van der Waals surface area contributed by atoms with Gasteiger partial charge in [-0.15, -0.1) is 24.3 Å². The fourth-order valence-corrected chi connectivity index (χ4v) is 5.19. The van der Waals surface area contributed by atoms with Crippen molar-refractivity contribution in [2.24, 2.45) is 9.98 Å². The van der Waals surface area contributed by atoms with Gasteiger partial charge in [0.05, 0.1) is 17.1 Å². The summed E-state index contributed by atoms with van der Waals surface area (Å²) in [6, 6.07) is 50.4. The molecule has 0 atom stereocenters. The van der Waals surface area contributed by atoms with E-state index in [1.807, 2.05) is 147 Å². The number of hydrogen-bond acceptors (Lipinski definition) is 3. The van der Waals surface area contributed by atoms with Gasteiger partial charge in [0.2, 0.25) is 0 Å². The Morgan fingerprint density at radius 1 is 0.464 bits per heavy atom. The SMILES string of the molecule is C1=Nc2c(ccc3ccccc23)C1.C1=Nc2c(ncc3ccccc23)C1.CC.CC.CC.CC.[CH-]=c1ccccc1=[CH-].[Y].[Y].[c-]1ccccc1-c1[c-]cccc1. The fraction of sp³-hybridized carbons (Fsp3) is 0.196. The summed E-state index contributed by atoms with van der Waals surface area (Å²) in [7, 11) is 0. The summed E-state index contributed by atoms with van der Waals surface area (Å²) in [6.45, 7) is 26.8. The first kappa shape index (κ1) is 52.3. The molecule has 284 valence electrons. The quantitative estimate of drug-likeness (QED) is 0.151. The predicted molar refractivity (Wildman–Crippen MR) is 239 cm³/mol. The van der Waals surface area contributed by atoms with E-state index in [2.05, 4.69) is 75.6 Å². The molecule has 3 nitrogen and oxygen atoms in total. The predicted octanol–water partition coefficient (Wildman–Crippen LogP) is 12.9. The zero-order chi connectivity index (χ0) is 39.6. The molecular weight excluding hydrogens is 832 g/mol. The van der Waals surface area contributed by atoms with Crippen molar-refractivity contribution in [3.05, 3.63) is 173 Å². The minimum Gasteiger partial charge on any atom is -0.306 e. The van der Waals surface area contributed by atoms with Gasteiger partial charge in [0, 0.05) is 113 Å². The molecule has 0 spiro atoms. The second kappa shape index (κ2) is 31.4. The van der Waals surface area contributed by atoms with E-state index in [4.69, 9.17) is 13.2 Å². The monoisotopic (exact) mass is 887 g/mol. The first-order chi connectivity index (χ1) is 26.7. The fourth-order valence-electron chi connectivity index (χ4n) is 5.19. The van der Waals surface area contributed by atoms with Crippen LogP contribution in [0, 0.1) is 12.1 Å². The maximum Gasteiger partial charge on any atom is 0.0923 e. The molecular formula is C51H55N3Y2-4. The van der Waals surface area contributed by atoms with Crippen molar-refractivity contribution in [2.75, 3.05) is 0 Å². The van der Waals surface area contributed by atoms with Crippen molar-refractivity contribution < 1.29 is 65.4 Å². The molecule has 2 radical (unpaired) electrons. The van der Waals surface area contributed by atoms with Crippen LogP contribution in [0.15, 0.2) is 150 Å². The van der Waals surface area contributed by atoms with Gasteiger partial charge in [-0.1, -0.05) is 116 Å². The summed E-state index contributed by atoms with van der Waals surface area (Å²) >= 11 is 0. The van der Waals surface area contributed by atoms with Gasteiger partial charge in [0.1, 0.15) is 0 Å². The van der Waals surface area contributed by atoms with Crippen LogP contribution in [0.5, 0.6) is 0 Å². The first-order valence-electron chi connectivity index (χ1n) is 19.1. The van der Waals surface area contributed by atoms with E-state index in [1.54, 1.807) is 12.1 Å². The molecule has 5 heteroatoms. The molecule has 2 aliphatic heterocycles. The van der Waals surface area contributed by atoms with E-state index < -0.39 is 0 Å². The number of rotatable bonds is 1. The Bertz CT molecular complexity index is 2090. The van der Waals surface area contributed by atoms with Crippen LogP contribution in [0.1, 0.15) is 66.6 Å². The average Bonchev–Trinajstić information content (AvgIpc) is 3.97. The maximum absolute atomic E-state index is 5.39. The number of nitrogens with zero attached hydrogens (tertiary/aromatic N) is 3. The van der Waals surface area contributed by atoms with Crippen LogP contribution >= 0.6 is 0 Å². The third-order valence-corrected chi connectivity index (χ3v) is 7.57. The van der Waals surface area contributed by atoms with Gasteiger partial charge >= 0.3 is 0 Å². The number of pyridine rings is 1. The molecule has 0 N–H and O–H groups in total. The Balaban J connectivity index is 0.000000679. The number of hydrogen-bond donors (Lipinski definition) is 0. The first-order valence-corrected chi connectivity index (χ1v) is 19.1. The van der Waals surface area contributed by atoms with E-state index in [0.29, 0.717) is 10.4 Å². The zero-order valence-corrected chi connectivity index (χ0v) is 40.2. The van der Waals surface area contributed by atoms with Crippen LogP contribution in [0.4, 0.5) is 11.4 Å². The molecule has 1 aromatic heterocycles. The second-order valence-corrected chi connectivity index (χ2v) is 10.6. The van der Waals surface area contributed by atoms with E-state index >= 15 is 0 Å². The Hall–Kier alpha value is -3.72. The summed E-state index contributed by atoms with van der Waals surface area (Å²) in [6.07, 6.45) is 7.68. The molecule has 0 saturated carbocycles. The Morgan fingerprint density at radius 3 is 1.43 bits per heavy atom. The minimum absolute atomic E-state index is 0. The molecule has 0 saturated heterocycles. The normalized spacial score (nSPS) is 10.1. The molecule has 56 heavy (non-hydrogen) atoms. The third kappa shape index (κ3) is 16.0. The van der Waals surface area contributed by atoms with Crippen LogP contribution in [-0.4, -0.2) is 17.4 Å². The molecule has 2 aliphatic rings. The van der Waals surface area contributed by atoms with Crippen molar-refractivity contribution in [1.29, 1.82) is 0 Å². The Morgan fingerprint density at radius 2 is 0.911 bits per heavy atom. The van der Waals surface area contributed by atoms with E-state index in [0.717, 1.165) is 41.0 Å². The third-order valence-electron chi connectivity index (χ3n) is 7.57. The van der Waals surface area contributed by atoms with Crippen molar-refractivity contribution in [2.45, 2.75) is 68.2 Å².